The molecule has 788 valence electrons. The zero-order valence-electron chi connectivity index (χ0n) is 80.3. The Morgan fingerprint density at radius 2 is 0.581 bits per heavy atom. The van der Waals surface area contributed by atoms with Crippen molar-refractivity contribution in [2.75, 3.05) is 124 Å². The van der Waals surface area contributed by atoms with Gasteiger partial charge in [-0.3, -0.25) is 55.7 Å². The van der Waals surface area contributed by atoms with Crippen molar-refractivity contribution in [3.8, 4) is 94.4 Å². The highest BCUT2D eigenvalue weighted by Crippen LogP contribution is 2.32. The molecule has 44 nitrogen and oxygen atoms in total. The number of aromatic carboxylic acids is 2. The highest BCUT2D eigenvalue weighted by molar-refractivity contribution is 5.89. The Balaban J connectivity index is 0.000000201. The first-order chi connectivity index (χ1) is 69.9. The number of piperazine rings is 4. The van der Waals surface area contributed by atoms with Crippen LogP contribution >= 0.6 is 0 Å². The fourth-order valence-corrected chi connectivity index (χ4v) is 13.6. The van der Waals surface area contributed by atoms with E-state index < -0.39 is 60.5 Å². The molecule has 0 aliphatic carbocycles. The number of para-hydroxylation sites is 1. The number of carboxylic acids is 6. The van der Waals surface area contributed by atoms with Gasteiger partial charge >= 0.3 is 84.6 Å². The van der Waals surface area contributed by atoms with E-state index in [1.807, 2.05) is 71.5 Å². The number of carbonyl (C=O) groups is 6. The first kappa shape index (κ1) is 114. The normalized spacial score (nSPS) is 13.3. The van der Waals surface area contributed by atoms with Crippen molar-refractivity contribution in [1.29, 1.82) is 0 Å². The van der Waals surface area contributed by atoms with Crippen molar-refractivity contribution in [3.05, 3.63) is 161 Å². The average Bonchev–Trinajstić information content (AvgIpc) is 1.62. The maximum absolute atomic E-state index is 13.2. The van der Waals surface area contributed by atoms with Crippen LogP contribution in [0.1, 0.15) is 59.5 Å². The molecule has 0 amide bonds. The van der Waals surface area contributed by atoms with Crippen LogP contribution in [0.3, 0.4) is 0 Å². The second kappa shape index (κ2) is 51.3. The monoisotopic (exact) mass is 2080 g/mol. The van der Waals surface area contributed by atoms with Crippen LogP contribution < -0.4 is 82.1 Å². The summed E-state index contributed by atoms with van der Waals surface area (Å²) in [6.07, 6.45) is -20.3. The van der Waals surface area contributed by atoms with E-state index in [-0.39, 0.29) is 74.4 Å². The lowest BCUT2D eigenvalue weighted by Gasteiger charge is -2.28. The average molecular weight is 2090 g/mol. The summed E-state index contributed by atoms with van der Waals surface area (Å²) in [5, 5.41) is 60.0. The molecule has 12 aromatic rings. The van der Waals surface area contributed by atoms with Gasteiger partial charge in [-0.25, -0.2) is 28.8 Å². The van der Waals surface area contributed by atoms with Gasteiger partial charge in [-0.1, -0.05) is 65.6 Å². The van der Waals surface area contributed by atoms with Gasteiger partial charge in [-0.2, -0.15) is 92.6 Å². The second-order valence-corrected chi connectivity index (χ2v) is 31.2. The number of halogens is 12. The topological polar surface area (TPSA) is 533 Å². The van der Waals surface area contributed by atoms with Gasteiger partial charge in [0, 0.05) is 133 Å². The van der Waals surface area contributed by atoms with E-state index in [4.69, 9.17) is 73.6 Å². The number of imidazole rings is 4. The molecule has 0 atom stereocenters. The first-order valence-corrected chi connectivity index (χ1v) is 44.0. The van der Waals surface area contributed by atoms with Crippen LogP contribution in [0, 0.1) is 61.2 Å². The molecule has 12 heterocycles. The second-order valence-electron chi connectivity index (χ2n) is 31.2. The lowest BCUT2D eigenvalue weighted by atomic mass is 10.2. The molecule has 148 heavy (non-hydrogen) atoms. The number of carboxylic acid groups (broad SMARTS) is 6. The standard InChI is InChI=1S/2C21H22N6O4.2C21H24N6O2.4C2HF3O2/c1-3-4-11-27-16-17(23-20(27)26-12-9-22-10-13-26)24-21(25(2)18(16)28)31-15-7-5-14(6-8-15)19(29)30;1-3-4-10-27-16-17(23-20(27)26-11-8-22-9-12-26)24-21(25(2)18(16)28)31-15-7-5-6-14(13-15)19(29)30;1-4-5-12-27-17-18(23-20(27)26-13-10-22-11-14-26)24-21(25(3)19(17)28)29-16-8-6-15(2)7-9-16;1-4-5-12-27-17-18(23-20(27)26-13-10-22-11-14-26)24-21(25(3)19(17)28)29-16-9-7-6-8-15(16)2;4*3-2(4,5)1(6)7/h5-8,22H,9-13H2,1-2H3,(H,29,30);5-7,13,22H,8-12H2,1-2H3,(H,29,30);2*6-9,22H,10-14H2,1-3H3;4*(H,6,7). The Bertz CT molecular complexity index is 7250. The van der Waals surface area contributed by atoms with E-state index in [0.717, 1.165) is 128 Å². The van der Waals surface area contributed by atoms with Crippen molar-refractivity contribution < 1.29 is 131 Å². The summed E-state index contributed by atoms with van der Waals surface area (Å²) in [4.78, 5) is 156. The van der Waals surface area contributed by atoms with Crippen LogP contribution in [-0.4, -0.2) is 272 Å². The molecule has 0 spiro atoms. The largest absolute Gasteiger partial charge is 0.490 e. The SMILES string of the molecule is CC#CCn1c(N2CCNCC2)nc2nc(Oc3ccc(C(=O)O)cc3)n(C)c(=O)c21.CC#CCn1c(N2CCNCC2)nc2nc(Oc3ccc(C)cc3)n(C)c(=O)c21.CC#CCn1c(N2CCNCC2)nc2nc(Oc3cccc(C(=O)O)c3)n(C)c(=O)c21.CC#CCn1c(N2CCNCC2)nc2nc(Oc3ccccc3C)n(C)c(=O)c21.O=C(O)C(F)(F)F.O=C(O)C(F)(F)F.O=C(O)C(F)(F)F.O=C(O)C(F)(F)F. The van der Waals surface area contributed by atoms with Gasteiger partial charge in [0.15, 0.2) is 44.7 Å². The maximum Gasteiger partial charge on any atom is 0.490 e. The lowest BCUT2D eigenvalue weighted by molar-refractivity contribution is -0.193. The van der Waals surface area contributed by atoms with Crippen LogP contribution in [0.15, 0.2) is 116 Å². The zero-order valence-corrected chi connectivity index (χ0v) is 80.3. The molecule has 0 saturated carbocycles. The first-order valence-electron chi connectivity index (χ1n) is 44.0. The molecule has 56 heteroatoms. The molecular weight excluding hydrogens is 1990 g/mol. The molecule has 4 saturated heterocycles. The van der Waals surface area contributed by atoms with Crippen molar-refractivity contribution >= 4 is 104 Å². The fourth-order valence-electron chi connectivity index (χ4n) is 13.6. The van der Waals surface area contributed by atoms with E-state index in [0.29, 0.717) is 88.7 Å². The Morgan fingerprint density at radius 3 is 0.831 bits per heavy atom. The zero-order chi connectivity index (χ0) is 109. The van der Waals surface area contributed by atoms with Crippen LogP contribution in [0.2, 0.25) is 0 Å². The summed E-state index contributed by atoms with van der Waals surface area (Å²) in [6.45, 7) is 25.6. The van der Waals surface area contributed by atoms with Gasteiger partial charge in [-0.05, 0) is 108 Å². The molecule has 0 radical (unpaired) electrons. The number of hydrogen-bond acceptors (Lipinski definition) is 30. The molecule has 0 bridgehead atoms. The third-order valence-corrected chi connectivity index (χ3v) is 21.0. The minimum absolute atomic E-state index is 0.0260. The number of rotatable bonds is 18. The number of fused-ring (bicyclic) bond motifs is 4. The van der Waals surface area contributed by atoms with Crippen molar-refractivity contribution in [1.82, 2.24) is 97.7 Å². The predicted molar refractivity (Wildman–Crippen MR) is 509 cm³/mol. The summed E-state index contributed by atoms with van der Waals surface area (Å²) >= 11 is 0. The summed E-state index contributed by atoms with van der Waals surface area (Å²) in [6, 6.07) is 27.7. The molecule has 0 unspecified atom stereocenters. The highest BCUT2D eigenvalue weighted by Gasteiger charge is 2.41. The Kier molecular flexibility index (Phi) is 39.6. The minimum atomic E-state index is -5.08. The fraction of sp³-hybridized carbons (Fsp3) is 0.370. The van der Waals surface area contributed by atoms with E-state index in [2.05, 4.69) is 118 Å². The van der Waals surface area contributed by atoms with Crippen LogP contribution in [0.25, 0.3) is 44.7 Å². The van der Waals surface area contributed by atoms with Gasteiger partial charge in [0.25, 0.3) is 22.2 Å². The predicted octanol–water partition coefficient (Wildman–Crippen LogP) is 7.97. The van der Waals surface area contributed by atoms with Crippen LogP contribution in [-0.2, 0) is 73.5 Å². The van der Waals surface area contributed by atoms with Crippen molar-refractivity contribution in [2.45, 2.75) is 92.4 Å². The maximum atomic E-state index is 13.2. The minimum Gasteiger partial charge on any atom is -0.478 e. The van der Waals surface area contributed by atoms with Crippen LogP contribution in [0.5, 0.6) is 47.0 Å². The Labute approximate surface area is 829 Å². The van der Waals surface area contributed by atoms with E-state index in [1.165, 1.54) is 54.7 Å². The third kappa shape index (κ3) is 30.2. The molecule has 8 aromatic heterocycles. The highest BCUT2D eigenvalue weighted by atomic mass is 19.4. The number of aryl methyl sites for hydroxylation is 2. The van der Waals surface area contributed by atoms with Gasteiger partial charge in [0.05, 0.1) is 37.3 Å². The number of nitrogens with zero attached hydrogens (tertiary/aromatic N) is 20. The van der Waals surface area contributed by atoms with Gasteiger partial charge in [0.1, 0.15) is 23.0 Å². The van der Waals surface area contributed by atoms with Gasteiger partial charge < -0.3 is 90.5 Å². The van der Waals surface area contributed by atoms with Crippen LogP contribution in [0.4, 0.5) is 76.5 Å². The van der Waals surface area contributed by atoms with Crippen molar-refractivity contribution in [2.24, 2.45) is 28.2 Å². The quantitative estimate of drug-likeness (QED) is 0.0287. The number of nitrogens with one attached hydrogen (secondary N) is 4. The summed E-state index contributed by atoms with van der Waals surface area (Å²) < 4.78 is 163. The Morgan fingerprint density at radius 1 is 0.331 bits per heavy atom. The molecule has 10 N–H and O–H groups in total. The van der Waals surface area contributed by atoms with E-state index in [9.17, 15) is 86.6 Å². The molecule has 4 aliphatic rings. The third-order valence-electron chi connectivity index (χ3n) is 21.0. The number of ether oxygens (including phenoxy) is 4. The number of anilines is 4. The van der Waals surface area contributed by atoms with E-state index in [1.54, 1.807) is 77.2 Å². The summed E-state index contributed by atoms with van der Waals surface area (Å²) in [5.41, 5.74) is 4.20. The number of aromatic nitrogens is 16. The number of hydrogen-bond donors (Lipinski definition) is 10. The van der Waals surface area contributed by atoms with Gasteiger partial charge in [0.2, 0.25) is 23.8 Å². The van der Waals surface area contributed by atoms with Gasteiger partial charge in [-0.15, -0.1) is 23.7 Å². The lowest BCUT2D eigenvalue weighted by Crippen LogP contribution is -2.44. The molecule has 16 rings (SSSR count). The Hall–Kier alpha value is -17.3. The molecule has 4 aromatic carbocycles. The molecular formula is C92H96F12N24O20. The summed E-state index contributed by atoms with van der Waals surface area (Å²) in [5.74, 6) is 15.2. The molecule has 4 aliphatic heterocycles. The van der Waals surface area contributed by atoms with E-state index >= 15 is 0 Å². The van der Waals surface area contributed by atoms with Crippen molar-refractivity contribution in [3.63, 3.8) is 0 Å². The summed E-state index contributed by atoms with van der Waals surface area (Å²) in [7, 11) is 6.45. The number of aliphatic carboxylic acids is 4. The number of alkyl halides is 12. The smallest absolute Gasteiger partial charge is 0.478 e. The molecule has 4 fully saturated rings. The number of benzene rings is 4.